The molecule has 120 valence electrons. The third kappa shape index (κ3) is 4.11. The number of hydrogen-bond donors (Lipinski definition) is 3. The molecule has 0 aliphatic carbocycles. The van der Waals surface area contributed by atoms with Crippen molar-refractivity contribution in [2.75, 3.05) is 25.1 Å². The molecular formula is C15H21N3O4. The first-order chi connectivity index (χ1) is 10.5. The second kappa shape index (κ2) is 7.13. The fourth-order valence-corrected chi connectivity index (χ4v) is 2.29. The predicted molar refractivity (Wildman–Crippen MR) is 82.0 cm³/mol. The summed E-state index contributed by atoms with van der Waals surface area (Å²) in [6.45, 7) is 2.19. The van der Waals surface area contributed by atoms with Gasteiger partial charge in [-0.05, 0) is 31.2 Å². The van der Waals surface area contributed by atoms with Gasteiger partial charge in [0.2, 0.25) is 5.91 Å². The van der Waals surface area contributed by atoms with Crippen molar-refractivity contribution < 1.29 is 19.4 Å². The zero-order chi connectivity index (χ0) is 16.1. The summed E-state index contributed by atoms with van der Waals surface area (Å²) < 4.78 is 5.09. The van der Waals surface area contributed by atoms with Crippen molar-refractivity contribution in [1.82, 2.24) is 10.6 Å². The molecule has 0 aromatic heterocycles. The van der Waals surface area contributed by atoms with Gasteiger partial charge in [0.25, 0.3) is 0 Å². The molecule has 3 amide bonds. The average Bonchev–Trinajstić information content (AvgIpc) is 2.85. The van der Waals surface area contributed by atoms with E-state index < -0.39 is 6.10 Å². The maximum absolute atomic E-state index is 12.1. The first kappa shape index (κ1) is 16.1. The number of aliphatic hydroxyl groups is 1. The highest BCUT2D eigenvalue weighted by Crippen LogP contribution is 2.24. The van der Waals surface area contributed by atoms with E-state index in [0.29, 0.717) is 6.54 Å². The van der Waals surface area contributed by atoms with Crippen molar-refractivity contribution in [3.05, 3.63) is 24.3 Å². The minimum absolute atomic E-state index is 0.0361. The Balaban J connectivity index is 1.91. The van der Waals surface area contributed by atoms with E-state index in [9.17, 15) is 9.59 Å². The van der Waals surface area contributed by atoms with Crippen LogP contribution >= 0.6 is 0 Å². The summed E-state index contributed by atoms with van der Waals surface area (Å²) in [7, 11) is 1.59. The Hall–Kier alpha value is -2.28. The molecule has 0 spiro atoms. The normalized spacial score (nSPS) is 19.0. The van der Waals surface area contributed by atoms with Crippen molar-refractivity contribution in [2.24, 2.45) is 0 Å². The highest BCUT2D eigenvalue weighted by atomic mass is 16.5. The lowest BCUT2D eigenvalue weighted by molar-refractivity contribution is -0.117. The van der Waals surface area contributed by atoms with Gasteiger partial charge in [0, 0.05) is 25.2 Å². The molecule has 0 radical (unpaired) electrons. The third-order valence-corrected chi connectivity index (χ3v) is 3.40. The van der Waals surface area contributed by atoms with Crippen LogP contribution in [0.1, 0.15) is 13.3 Å². The minimum Gasteiger partial charge on any atom is -0.497 e. The van der Waals surface area contributed by atoms with Crippen LogP contribution in [0.15, 0.2) is 24.3 Å². The summed E-state index contributed by atoms with van der Waals surface area (Å²) in [6, 6.07) is 6.58. The topological polar surface area (TPSA) is 90.9 Å². The molecule has 1 heterocycles. The Labute approximate surface area is 129 Å². The molecule has 1 fully saturated rings. The van der Waals surface area contributed by atoms with Crippen molar-refractivity contribution in [3.63, 3.8) is 0 Å². The van der Waals surface area contributed by atoms with E-state index in [4.69, 9.17) is 9.84 Å². The van der Waals surface area contributed by atoms with Crippen molar-refractivity contribution in [3.8, 4) is 5.75 Å². The maximum Gasteiger partial charge on any atom is 0.315 e. The fraction of sp³-hybridized carbons (Fsp3) is 0.467. The largest absolute Gasteiger partial charge is 0.497 e. The van der Waals surface area contributed by atoms with Crippen molar-refractivity contribution in [1.29, 1.82) is 0 Å². The summed E-state index contributed by atoms with van der Waals surface area (Å²) in [5, 5.41) is 14.4. The number of benzene rings is 1. The van der Waals surface area contributed by atoms with Crippen molar-refractivity contribution >= 4 is 17.6 Å². The second-order valence-corrected chi connectivity index (χ2v) is 5.31. The smallest absolute Gasteiger partial charge is 0.315 e. The Kier molecular flexibility index (Phi) is 5.21. The number of anilines is 1. The van der Waals surface area contributed by atoms with Gasteiger partial charge in [-0.2, -0.15) is 0 Å². The molecule has 2 atom stereocenters. The number of carbonyl (C=O) groups is 2. The van der Waals surface area contributed by atoms with Crippen LogP contribution in [0.5, 0.6) is 5.75 Å². The van der Waals surface area contributed by atoms with Gasteiger partial charge in [-0.3, -0.25) is 4.79 Å². The molecule has 22 heavy (non-hydrogen) atoms. The first-order valence-corrected chi connectivity index (χ1v) is 7.16. The zero-order valence-electron chi connectivity index (χ0n) is 12.7. The monoisotopic (exact) mass is 307 g/mol. The van der Waals surface area contributed by atoms with Crippen LogP contribution in [0.2, 0.25) is 0 Å². The number of hydrogen-bond acceptors (Lipinski definition) is 4. The lowest BCUT2D eigenvalue weighted by Gasteiger charge is -2.18. The first-order valence-electron chi connectivity index (χ1n) is 7.16. The Bertz CT molecular complexity index is 530. The number of nitrogens with zero attached hydrogens (tertiary/aromatic N) is 1. The van der Waals surface area contributed by atoms with Crippen LogP contribution in [0.25, 0.3) is 0 Å². The van der Waals surface area contributed by atoms with Gasteiger partial charge < -0.3 is 25.4 Å². The Morgan fingerprint density at radius 2 is 2.14 bits per heavy atom. The number of carbonyl (C=O) groups excluding carboxylic acids is 2. The molecule has 0 bridgehead atoms. The number of nitrogens with one attached hydrogen (secondary N) is 2. The molecule has 2 unspecified atom stereocenters. The summed E-state index contributed by atoms with van der Waals surface area (Å²) in [5.41, 5.74) is 0.777. The van der Waals surface area contributed by atoms with Gasteiger partial charge in [0.15, 0.2) is 0 Å². The molecule has 1 aliphatic heterocycles. The lowest BCUT2D eigenvalue weighted by atomic mass is 10.2. The summed E-state index contributed by atoms with van der Waals surface area (Å²) in [4.78, 5) is 25.4. The molecule has 1 aliphatic rings. The van der Waals surface area contributed by atoms with Crippen LogP contribution in [0, 0.1) is 0 Å². The summed E-state index contributed by atoms with van der Waals surface area (Å²) >= 11 is 0. The standard InChI is InChI=1S/C15H21N3O4/c1-10(19)8-16-15(21)17-11-7-14(20)18(9-11)12-3-5-13(22-2)6-4-12/h3-6,10-11,19H,7-9H2,1-2H3,(H2,16,17,21). The molecule has 0 saturated carbocycles. The number of aliphatic hydroxyl groups excluding tert-OH is 1. The summed E-state index contributed by atoms with van der Waals surface area (Å²) in [6.07, 6.45) is -0.347. The molecule has 2 rings (SSSR count). The van der Waals surface area contributed by atoms with Crippen LogP contribution < -0.4 is 20.3 Å². The highest BCUT2D eigenvalue weighted by Gasteiger charge is 2.31. The van der Waals surface area contributed by atoms with Crippen LogP contribution in [0.4, 0.5) is 10.5 Å². The van der Waals surface area contributed by atoms with Gasteiger partial charge in [-0.15, -0.1) is 0 Å². The molecular weight excluding hydrogens is 286 g/mol. The van der Waals surface area contributed by atoms with Gasteiger partial charge in [0.1, 0.15) is 5.75 Å². The van der Waals surface area contributed by atoms with E-state index in [1.54, 1.807) is 31.1 Å². The molecule has 7 nitrogen and oxygen atoms in total. The molecule has 1 aromatic carbocycles. The second-order valence-electron chi connectivity index (χ2n) is 5.31. The quantitative estimate of drug-likeness (QED) is 0.738. The predicted octanol–water partition coefficient (Wildman–Crippen LogP) is 0.480. The lowest BCUT2D eigenvalue weighted by Crippen LogP contribution is -2.45. The van der Waals surface area contributed by atoms with E-state index in [1.807, 2.05) is 12.1 Å². The number of ether oxygens (including phenoxy) is 1. The van der Waals surface area contributed by atoms with E-state index in [1.165, 1.54) is 0 Å². The fourth-order valence-electron chi connectivity index (χ4n) is 2.29. The van der Waals surface area contributed by atoms with Crippen LogP contribution in [0.3, 0.4) is 0 Å². The SMILES string of the molecule is COc1ccc(N2CC(NC(=O)NCC(C)O)CC2=O)cc1. The molecule has 1 saturated heterocycles. The van der Waals surface area contributed by atoms with E-state index in [0.717, 1.165) is 11.4 Å². The van der Waals surface area contributed by atoms with Gasteiger partial charge in [0.05, 0.1) is 19.3 Å². The summed E-state index contributed by atoms with van der Waals surface area (Å²) in [5.74, 6) is 0.688. The molecule has 3 N–H and O–H groups in total. The van der Waals surface area contributed by atoms with Crippen molar-refractivity contribution in [2.45, 2.75) is 25.5 Å². The van der Waals surface area contributed by atoms with Gasteiger partial charge in [-0.1, -0.05) is 0 Å². The average molecular weight is 307 g/mol. The molecule has 1 aromatic rings. The number of rotatable bonds is 5. The Morgan fingerprint density at radius 1 is 1.45 bits per heavy atom. The number of urea groups is 1. The maximum atomic E-state index is 12.1. The van der Waals surface area contributed by atoms with E-state index >= 15 is 0 Å². The number of methoxy groups -OCH3 is 1. The zero-order valence-corrected chi connectivity index (χ0v) is 12.7. The van der Waals surface area contributed by atoms with Gasteiger partial charge >= 0.3 is 6.03 Å². The third-order valence-electron chi connectivity index (χ3n) is 3.40. The van der Waals surface area contributed by atoms with E-state index in [2.05, 4.69) is 10.6 Å². The Morgan fingerprint density at radius 3 is 2.73 bits per heavy atom. The van der Waals surface area contributed by atoms with Crippen LogP contribution in [-0.2, 0) is 4.79 Å². The van der Waals surface area contributed by atoms with Gasteiger partial charge in [-0.25, -0.2) is 4.79 Å². The van der Waals surface area contributed by atoms with Crippen LogP contribution in [-0.4, -0.2) is 49.4 Å². The highest BCUT2D eigenvalue weighted by molar-refractivity contribution is 5.96. The molecule has 7 heteroatoms. The minimum atomic E-state index is -0.605. The number of amides is 3. The van der Waals surface area contributed by atoms with E-state index in [-0.39, 0.29) is 30.9 Å².